The maximum Gasteiger partial charge on any atom is 0.297 e. The van der Waals surface area contributed by atoms with Crippen LogP contribution in [0.25, 0.3) is 11.0 Å². The van der Waals surface area contributed by atoms with E-state index in [0.717, 1.165) is 66.4 Å². The van der Waals surface area contributed by atoms with E-state index in [4.69, 9.17) is 9.15 Å². The summed E-state index contributed by atoms with van der Waals surface area (Å²) in [6.45, 7) is 20.4. The van der Waals surface area contributed by atoms with Crippen LogP contribution < -0.4 is 31.1 Å². The topological polar surface area (TPSA) is 28.9 Å². The maximum atomic E-state index is 7.25. The molecule has 0 aliphatic carbocycles. The fourth-order valence-corrected chi connectivity index (χ4v) is 9.69. The molecule has 6 aromatic carbocycles. The summed E-state index contributed by atoms with van der Waals surface area (Å²) in [6.07, 6.45) is 0. The van der Waals surface area contributed by atoms with Gasteiger partial charge in [0.1, 0.15) is 11.3 Å². The van der Waals surface area contributed by atoms with Crippen molar-refractivity contribution in [2.24, 2.45) is 0 Å². The van der Waals surface area contributed by atoms with Crippen LogP contribution in [0.15, 0.2) is 136 Å². The minimum atomic E-state index is -0.143. The van der Waals surface area contributed by atoms with Gasteiger partial charge in [-0.25, -0.2) is 0 Å². The number of para-hydroxylation sites is 1. The van der Waals surface area contributed by atoms with Crippen molar-refractivity contribution in [3.63, 3.8) is 0 Å². The summed E-state index contributed by atoms with van der Waals surface area (Å²) in [5, 5.41) is 1.00. The zero-order valence-electron chi connectivity index (χ0n) is 33.7. The average molecular weight is 751 g/mol. The highest BCUT2D eigenvalue weighted by molar-refractivity contribution is 7.99. The number of ether oxygens (including phenoxy) is 1. The van der Waals surface area contributed by atoms with Crippen molar-refractivity contribution in [1.82, 2.24) is 0 Å². The molecule has 6 heteroatoms. The van der Waals surface area contributed by atoms with Gasteiger partial charge in [0.15, 0.2) is 5.75 Å². The Labute approximate surface area is 335 Å². The summed E-state index contributed by atoms with van der Waals surface area (Å²) in [5.74, 6) is 1.73. The predicted octanol–water partition coefficient (Wildman–Crippen LogP) is 12.7. The normalized spacial score (nSPS) is 14.5. The quantitative estimate of drug-likeness (QED) is 0.164. The molecule has 0 fully saturated rings. The summed E-state index contributed by atoms with van der Waals surface area (Å²) in [6, 6.07) is 44.8. The Hall–Kier alpha value is -5.33. The highest BCUT2D eigenvalue weighted by atomic mass is 32.2. The highest BCUT2D eigenvalue weighted by Crippen LogP contribution is 2.55. The van der Waals surface area contributed by atoms with Crippen LogP contribution in [0.5, 0.6) is 11.5 Å². The second-order valence-electron chi connectivity index (χ2n) is 18.7. The van der Waals surface area contributed by atoms with E-state index in [0.29, 0.717) is 0 Å². The Morgan fingerprint density at radius 2 is 1.12 bits per heavy atom. The molecular formula is C50H47BN2O2S. The molecule has 3 aliphatic heterocycles. The van der Waals surface area contributed by atoms with Crippen LogP contribution in [-0.2, 0) is 16.2 Å². The van der Waals surface area contributed by atoms with Gasteiger partial charge >= 0.3 is 0 Å². The Morgan fingerprint density at radius 1 is 0.536 bits per heavy atom. The number of anilines is 6. The largest absolute Gasteiger partial charge is 0.468 e. The molecule has 278 valence electrons. The van der Waals surface area contributed by atoms with Crippen LogP contribution in [-0.4, -0.2) is 6.71 Å². The second-order valence-corrected chi connectivity index (χ2v) is 19.7. The molecule has 1 aromatic heterocycles. The maximum absolute atomic E-state index is 7.25. The molecule has 0 saturated carbocycles. The zero-order chi connectivity index (χ0) is 38.9. The monoisotopic (exact) mass is 750 g/mol. The SMILES string of the molecule is CC(C)(C)c1ccc(N2c3ccc(C(C)(C)C)cc3B3c4oc5ccc6c(c5c4N(c4ccc(C(C)(C)C)cc4)c4cccc2c43)Oc2ccccc2S6)cc1. The molecule has 0 radical (unpaired) electrons. The number of fused-ring (bicyclic) bond motifs is 9. The minimum absolute atomic E-state index is 0.0277. The van der Waals surface area contributed by atoms with E-state index in [9.17, 15) is 0 Å². The van der Waals surface area contributed by atoms with Crippen LogP contribution in [0.3, 0.4) is 0 Å². The van der Waals surface area contributed by atoms with Crippen molar-refractivity contribution in [3.8, 4) is 11.5 Å². The lowest BCUT2D eigenvalue weighted by Crippen LogP contribution is -2.61. The molecule has 4 heterocycles. The average Bonchev–Trinajstić information content (AvgIpc) is 3.55. The number of nitrogens with zero attached hydrogens (tertiary/aromatic N) is 2. The predicted molar refractivity (Wildman–Crippen MR) is 237 cm³/mol. The first kappa shape index (κ1) is 35.1. The van der Waals surface area contributed by atoms with Gasteiger partial charge in [-0.05, 0) is 111 Å². The van der Waals surface area contributed by atoms with Crippen LogP contribution in [0.2, 0.25) is 0 Å². The van der Waals surface area contributed by atoms with E-state index in [-0.39, 0.29) is 23.0 Å². The van der Waals surface area contributed by atoms with Gasteiger partial charge < -0.3 is 19.0 Å². The standard InChI is InChI=1S/C50H47BN2O2S/c1-48(2,3)30-17-22-33(23-18-30)52-36-26-21-32(50(7,8)9)29-35(36)51-44-37(52)13-12-14-38(44)53(34-24-19-31(20-25-34)49(4,5)6)45-43-40(55-47(45)51)27-28-42-46(43)54-39-15-10-11-16-41(39)56-42/h10-29H,1-9H3. The van der Waals surface area contributed by atoms with Crippen molar-refractivity contribution < 1.29 is 9.15 Å². The smallest absolute Gasteiger partial charge is 0.297 e. The molecular weight excluding hydrogens is 703 g/mol. The van der Waals surface area contributed by atoms with Gasteiger partial charge in [0, 0.05) is 28.4 Å². The second kappa shape index (κ2) is 12.1. The molecule has 0 spiro atoms. The lowest BCUT2D eigenvalue weighted by atomic mass is 9.35. The summed E-state index contributed by atoms with van der Waals surface area (Å²) in [5.41, 5.74) is 15.0. The first-order valence-corrected chi connectivity index (χ1v) is 20.6. The minimum Gasteiger partial charge on any atom is -0.468 e. The molecule has 4 nitrogen and oxygen atoms in total. The van der Waals surface area contributed by atoms with E-state index in [1.54, 1.807) is 11.8 Å². The summed E-state index contributed by atoms with van der Waals surface area (Å²) < 4.78 is 14.1. The number of hydrogen-bond donors (Lipinski definition) is 0. The molecule has 3 aliphatic rings. The number of hydrogen-bond acceptors (Lipinski definition) is 5. The molecule has 0 unspecified atom stereocenters. The van der Waals surface area contributed by atoms with Gasteiger partial charge in [-0.3, -0.25) is 0 Å². The molecule has 0 bridgehead atoms. The molecule has 56 heavy (non-hydrogen) atoms. The summed E-state index contributed by atoms with van der Waals surface area (Å²) in [7, 11) is 0. The van der Waals surface area contributed by atoms with Crippen molar-refractivity contribution in [1.29, 1.82) is 0 Å². The highest BCUT2D eigenvalue weighted by Gasteiger charge is 2.47. The third-order valence-electron chi connectivity index (χ3n) is 11.8. The van der Waals surface area contributed by atoms with Gasteiger partial charge in [-0.1, -0.05) is 129 Å². The van der Waals surface area contributed by atoms with Gasteiger partial charge in [0.25, 0.3) is 6.71 Å². The summed E-state index contributed by atoms with van der Waals surface area (Å²) in [4.78, 5) is 7.12. The lowest BCUT2D eigenvalue weighted by molar-refractivity contribution is 0.460. The third kappa shape index (κ3) is 5.36. The first-order chi connectivity index (χ1) is 26.7. The van der Waals surface area contributed by atoms with E-state index < -0.39 is 0 Å². The Bertz CT molecular complexity index is 2710. The Morgan fingerprint density at radius 3 is 1.77 bits per heavy atom. The molecule has 0 atom stereocenters. The molecule has 10 rings (SSSR count). The summed E-state index contributed by atoms with van der Waals surface area (Å²) >= 11 is 1.76. The van der Waals surface area contributed by atoms with Crippen LogP contribution in [0.4, 0.5) is 34.1 Å². The van der Waals surface area contributed by atoms with Crippen LogP contribution >= 0.6 is 11.8 Å². The molecule has 0 amide bonds. The zero-order valence-corrected chi connectivity index (χ0v) is 34.6. The Kier molecular flexibility index (Phi) is 7.58. The molecule has 0 saturated heterocycles. The van der Waals surface area contributed by atoms with E-state index in [1.807, 2.05) is 6.07 Å². The van der Waals surface area contributed by atoms with Crippen LogP contribution in [0, 0.1) is 0 Å². The van der Waals surface area contributed by atoms with E-state index in [2.05, 4.69) is 187 Å². The third-order valence-corrected chi connectivity index (χ3v) is 12.9. The van der Waals surface area contributed by atoms with Gasteiger partial charge in [-0.2, -0.15) is 0 Å². The van der Waals surface area contributed by atoms with Crippen LogP contribution in [0.1, 0.15) is 79.0 Å². The van der Waals surface area contributed by atoms with Gasteiger partial charge in [-0.15, -0.1) is 0 Å². The van der Waals surface area contributed by atoms with Crippen molar-refractivity contribution in [2.75, 3.05) is 9.80 Å². The van der Waals surface area contributed by atoms with E-state index >= 15 is 0 Å². The van der Waals surface area contributed by atoms with Gasteiger partial charge in [0.2, 0.25) is 0 Å². The van der Waals surface area contributed by atoms with Gasteiger partial charge in [0.05, 0.1) is 26.5 Å². The van der Waals surface area contributed by atoms with Crippen molar-refractivity contribution >= 4 is 80.2 Å². The fourth-order valence-electron chi connectivity index (χ4n) is 8.72. The van der Waals surface area contributed by atoms with Crippen molar-refractivity contribution in [3.05, 3.63) is 138 Å². The number of benzene rings is 6. The number of furan rings is 1. The first-order valence-electron chi connectivity index (χ1n) is 19.8. The molecule has 0 N–H and O–H groups in total. The fraction of sp³-hybridized carbons (Fsp3) is 0.240. The molecule has 7 aromatic rings. The van der Waals surface area contributed by atoms with Crippen molar-refractivity contribution in [2.45, 2.75) is 88.3 Å². The number of rotatable bonds is 2. The van der Waals surface area contributed by atoms with E-state index in [1.165, 1.54) is 33.3 Å². The lowest BCUT2D eigenvalue weighted by Gasteiger charge is -2.43. The Balaban J connectivity index is 1.28.